The van der Waals surface area contributed by atoms with Gasteiger partial charge in [-0.25, -0.2) is 9.78 Å². The summed E-state index contributed by atoms with van der Waals surface area (Å²) < 4.78 is 6.93. The van der Waals surface area contributed by atoms with E-state index >= 15 is 0 Å². The van der Waals surface area contributed by atoms with Crippen LogP contribution in [0.3, 0.4) is 0 Å². The number of hydrogen-bond acceptors (Lipinski definition) is 5. The molecule has 168 valence electrons. The molecule has 1 aliphatic rings. The van der Waals surface area contributed by atoms with Crippen LogP contribution in [0.4, 0.5) is 0 Å². The van der Waals surface area contributed by atoms with Crippen molar-refractivity contribution in [3.05, 3.63) is 39.9 Å². The Morgan fingerprint density at radius 1 is 1.16 bits per heavy atom. The van der Waals surface area contributed by atoms with Gasteiger partial charge in [-0.3, -0.25) is 14.2 Å². The molecular weight excluding hydrogens is 394 g/mol. The lowest BCUT2D eigenvalue weighted by atomic mass is 10.0. The van der Waals surface area contributed by atoms with Gasteiger partial charge in [-0.1, -0.05) is 33.1 Å². The minimum absolute atomic E-state index is 0.0399. The Hall–Kier alpha value is -2.70. The summed E-state index contributed by atoms with van der Waals surface area (Å²) in [6, 6.07) is 4.80. The first-order chi connectivity index (χ1) is 14.8. The van der Waals surface area contributed by atoms with Crippen molar-refractivity contribution in [3.63, 3.8) is 0 Å². The minimum atomic E-state index is -0.596. The molecule has 7 nitrogen and oxygen atoms in total. The molecule has 0 saturated carbocycles. The van der Waals surface area contributed by atoms with Gasteiger partial charge < -0.3 is 10.1 Å². The predicted molar refractivity (Wildman–Crippen MR) is 120 cm³/mol. The molecule has 0 spiro atoms. The Bertz CT molecular complexity index is 996. The minimum Gasteiger partial charge on any atom is -0.452 e. The number of carbonyl (C=O) groups excluding carboxylic acids is 2. The van der Waals surface area contributed by atoms with E-state index < -0.39 is 5.97 Å². The van der Waals surface area contributed by atoms with Gasteiger partial charge in [-0.15, -0.1) is 0 Å². The van der Waals surface area contributed by atoms with Crippen molar-refractivity contribution in [3.8, 4) is 0 Å². The van der Waals surface area contributed by atoms with Crippen molar-refractivity contribution in [1.82, 2.24) is 14.9 Å². The van der Waals surface area contributed by atoms with E-state index in [1.165, 1.54) is 0 Å². The molecule has 1 aliphatic heterocycles. The van der Waals surface area contributed by atoms with Crippen LogP contribution in [0, 0.1) is 5.92 Å². The van der Waals surface area contributed by atoms with Crippen LogP contribution in [0.5, 0.6) is 0 Å². The van der Waals surface area contributed by atoms with Crippen LogP contribution in [-0.4, -0.2) is 34.1 Å². The second kappa shape index (κ2) is 10.6. The summed E-state index contributed by atoms with van der Waals surface area (Å²) in [5, 5.41) is 3.36. The molecule has 0 fully saturated rings. The summed E-state index contributed by atoms with van der Waals surface area (Å²) in [6.07, 6.45) is 6.89. The largest absolute Gasteiger partial charge is 0.452 e. The molecule has 0 radical (unpaired) electrons. The molecule has 0 saturated heterocycles. The van der Waals surface area contributed by atoms with E-state index in [9.17, 15) is 14.4 Å². The second-order valence-electron chi connectivity index (χ2n) is 8.90. The number of nitrogens with zero attached hydrogens (tertiary/aromatic N) is 2. The van der Waals surface area contributed by atoms with Crippen LogP contribution in [0.15, 0.2) is 23.0 Å². The van der Waals surface area contributed by atoms with Gasteiger partial charge in [0.05, 0.1) is 16.5 Å². The van der Waals surface area contributed by atoms with Gasteiger partial charge in [0, 0.05) is 19.0 Å². The first-order valence-corrected chi connectivity index (χ1v) is 11.3. The van der Waals surface area contributed by atoms with Gasteiger partial charge in [0.25, 0.3) is 11.5 Å². The zero-order chi connectivity index (χ0) is 22.4. The van der Waals surface area contributed by atoms with Gasteiger partial charge in [0.2, 0.25) is 0 Å². The Kier molecular flexibility index (Phi) is 7.82. The van der Waals surface area contributed by atoms with Crippen molar-refractivity contribution < 1.29 is 14.3 Å². The highest BCUT2D eigenvalue weighted by Crippen LogP contribution is 2.17. The maximum Gasteiger partial charge on any atom is 0.338 e. The molecule has 7 heteroatoms. The van der Waals surface area contributed by atoms with Gasteiger partial charge >= 0.3 is 5.97 Å². The summed E-state index contributed by atoms with van der Waals surface area (Å²) in [5.41, 5.74) is 0.722. The summed E-state index contributed by atoms with van der Waals surface area (Å²) in [7, 11) is 0. The van der Waals surface area contributed by atoms with E-state index in [-0.39, 0.29) is 29.7 Å². The van der Waals surface area contributed by atoms with Crippen LogP contribution in [0.1, 0.15) is 75.5 Å². The average molecular weight is 428 g/mol. The van der Waals surface area contributed by atoms with E-state index in [1.54, 1.807) is 22.8 Å². The number of ether oxygens (including phenoxy) is 1. The molecule has 1 atom stereocenters. The van der Waals surface area contributed by atoms with Gasteiger partial charge in [-0.2, -0.15) is 0 Å². The van der Waals surface area contributed by atoms with Gasteiger partial charge in [0.1, 0.15) is 5.82 Å². The number of fused-ring (bicyclic) bond motifs is 2. The predicted octanol–water partition coefficient (Wildman–Crippen LogP) is 3.61. The van der Waals surface area contributed by atoms with Crippen LogP contribution in [-0.2, 0) is 22.5 Å². The molecule has 1 N–H and O–H groups in total. The number of aryl methyl sites for hydroxylation is 1. The summed E-state index contributed by atoms with van der Waals surface area (Å²) in [4.78, 5) is 42.0. The van der Waals surface area contributed by atoms with Gasteiger partial charge in [0.15, 0.2) is 6.61 Å². The number of esters is 1. The number of hydrogen-bond donors (Lipinski definition) is 1. The standard InChI is InChI=1S/C24H33N3O4/c1-16(2)8-7-9-17(3)25-22(28)15-31-24(30)18-11-12-19-20(14-18)26-21-10-5-4-6-13-27(21)23(19)29/h11-12,14,16-17H,4-10,13,15H2,1-3H3,(H,25,28)/t17-/m1/s1. The molecule has 0 unspecified atom stereocenters. The Labute approximate surface area is 183 Å². The third kappa shape index (κ3) is 6.15. The van der Waals surface area contributed by atoms with Crippen LogP contribution >= 0.6 is 0 Å². The first kappa shape index (κ1) is 23.0. The van der Waals surface area contributed by atoms with E-state index in [4.69, 9.17) is 4.74 Å². The molecular formula is C24H33N3O4. The zero-order valence-corrected chi connectivity index (χ0v) is 18.8. The molecule has 1 aromatic carbocycles. The fourth-order valence-corrected chi connectivity index (χ4v) is 3.98. The quantitative estimate of drug-likeness (QED) is 0.650. The number of rotatable bonds is 8. The van der Waals surface area contributed by atoms with E-state index in [0.29, 0.717) is 23.4 Å². The topological polar surface area (TPSA) is 90.3 Å². The maximum atomic E-state index is 12.8. The molecule has 3 rings (SSSR count). The molecule has 2 heterocycles. The Balaban J connectivity index is 1.61. The number of amides is 1. The number of aromatic nitrogens is 2. The van der Waals surface area contributed by atoms with Crippen molar-refractivity contribution in [2.24, 2.45) is 5.92 Å². The summed E-state index contributed by atoms with van der Waals surface area (Å²) in [5.74, 6) is 0.507. The lowest BCUT2D eigenvalue weighted by Crippen LogP contribution is -2.35. The van der Waals surface area contributed by atoms with Gasteiger partial charge in [-0.05, 0) is 50.3 Å². The van der Waals surface area contributed by atoms with Crippen molar-refractivity contribution >= 4 is 22.8 Å². The Morgan fingerprint density at radius 3 is 2.74 bits per heavy atom. The molecule has 1 aromatic heterocycles. The van der Waals surface area contributed by atoms with Crippen molar-refractivity contribution in [2.45, 2.75) is 78.3 Å². The number of benzene rings is 1. The molecule has 0 bridgehead atoms. The van der Waals surface area contributed by atoms with Crippen LogP contribution in [0.2, 0.25) is 0 Å². The average Bonchev–Trinajstić information content (AvgIpc) is 2.97. The third-order valence-electron chi connectivity index (χ3n) is 5.71. The molecule has 31 heavy (non-hydrogen) atoms. The number of nitrogens with one attached hydrogen (secondary N) is 1. The van der Waals surface area contributed by atoms with E-state index in [0.717, 1.165) is 50.8 Å². The lowest BCUT2D eigenvalue weighted by Gasteiger charge is -2.14. The highest BCUT2D eigenvalue weighted by molar-refractivity contribution is 5.95. The monoisotopic (exact) mass is 427 g/mol. The highest BCUT2D eigenvalue weighted by Gasteiger charge is 2.17. The SMILES string of the molecule is CC(C)CCC[C@@H](C)NC(=O)COC(=O)c1ccc2c(=O)n3c(nc2c1)CCCCC3. The Morgan fingerprint density at radius 2 is 1.97 bits per heavy atom. The molecule has 1 amide bonds. The number of carbonyl (C=O) groups is 2. The molecule has 2 aromatic rings. The first-order valence-electron chi connectivity index (χ1n) is 11.3. The highest BCUT2D eigenvalue weighted by atomic mass is 16.5. The van der Waals surface area contributed by atoms with Crippen molar-refractivity contribution in [2.75, 3.05) is 6.61 Å². The zero-order valence-electron chi connectivity index (χ0n) is 18.8. The van der Waals surface area contributed by atoms with Crippen LogP contribution < -0.4 is 10.9 Å². The van der Waals surface area contributed by atoms with E-state index in [1.807, 2.05) is 6.92 Å². The van der Waals surface area contributed by atoms with Crippen LogP contribution in [0.25, 0.3) is 10.9 Å². The molecule has 0 aliphatic carbocycles. The summed E-state index contributed by atoms with van der Waals surface area (Å²) >= 11 is 0. The summed E-state index contributed by atoms with van der Waals surface area (Å²) in [6.45, 7) is 6.67. The lowest BCUT2D eigenvalue weighted by molar-refractivity contribution is -0.124. The smallest absolute Gasteiger partial charge is 0.338 e. The second-order valence-corrected chi connectivity index (χ2v) is 8.90. The fraction of sp³-hybridized carbons (Fsp3) is 0.583. The maximum absolute atomic E-state index is 12.8. The van der Waals surface area contributed by atoms with Crippen molar-refractivity contribution in [1.29, 1.82) is 0 Å². The fourth-order valence-electron chi connectivity index (χ4n) is 3.98. The normalized spacial score (nSPS) is 14.7. The van der Waals surface area contributed by atoms with E-state index in [2.05, 4.69) is 24.1 Å². The third-order valence-corrected chi connectivity index (χ3v) is 5.71.